The number of halogens is 2. The predicted molar refractivity (Wildman–Crippen MR) is 76.3 cm³/mol. The molecule has 6 heteroatoms. The van der Waals surface area contributed by atoms with Crippen LogP contribution in [0.5, 0.6) is 5.75 Å². The predicted octanol–water partition coefficient (Wildman–Crippen LogP) is 2.80. The van der Waals surface area contributed by atoms with Crippen molar-refractivity contribution in [1.29, 1.82) is 0 Å². The Morgan fingerprint density at radius 3 is 2.52 bits per heavy atom. The molecule has 1 aromatic heterocycles. The van der Waals surface area contributed by atoms with Gasteiger partial charge in [-0.2, -0.15) is 5.10 Å². The molecule has 0 radical (unpaired) electrons. The molecule has 0 saturated carbocycles. The molecule has 1 heterocycles. The van der Waals surface area contributed by atoms with Crippen molar-refractivity contribution in [2.24, 2.45) is 7.05 Å². The van der Waals surface area contributed by atoms with Gasteiger partial charge in [-0.3, -0.25) is 4.68 Å². The van der Waals surface area contributed by atoms with E-state index in [1.807, 2.05) is 6.92 Å². The molecular formula is C15H19F2N3O. The van der Waals surface area contributed by atoms with Crippen molar-refractivity contribution in [3.8, 4) is 5.75 Å². The Bertz CT molecular complexity index is 593. The Morgan fingerprint density at radius 1 is 1.29 bits per heavy atom. The minimum Gasteiger partial charge on any atom is -0.493 e. The van der Waals surface area contributed by atoms with Gasteiger partial charge >= 0.3 is 0 Å². The number of rotatable bonds is 6. The summed E-state index contributed by atoms with van der Waals surface area (Å²) in [7, 11) is 3.32. The smallest absolute Gasteiger partial charge is 0.161 e. The summed E-state index contributed by atoms with van der Waals surface area (Å²) in [6.07, 6.45) is 2.49. The molecule has 0 spiro atoms. The molecule has 4 nitrogen and oxygen atoms in total. The number of hydrogen-bond acceptors (Lipinski definition) is 3. The summed E-state index contributed by atoms with van der Waals surface area (Å²) in [5, 5.41) is 7.43. The van der Waals surface area contributed by atoms with Crippen molar-refractivity contribution in [2.45, 2.75) is 19.4 Å². The van der Waals surface area contributed by atoms with Gasteiger partial charge < -0.3 is 10.1 Å². The van der Waals surface area contributed by atoms with Gasteiger partial charge in [0.1, 0.15) is 17.3 Å². The van der Waals surface area contributed by atoms with Crippen molar-refractivity contribution in [1.82, 2.24) is 15.1 Å². The number of aromatic nitrogens is 2. The second-order valence-corrected chi connectivity index (χ2v) is 4.81. The Balaban J connectivity index is 2.49. The normalized spacial score (nSPS) is 12.4. The molecule has 0 amide bonds. The van der Waals surface area contributed by atoms with Gasteiger partial charge in [0.25, 0.3) is 0 Å². The summed E-state index contributed by atoms with van der Waals surface area (Å²) in [5.41, 5.74) is 1.24. The molecule has 21 heavy (non-hydrogen) atoms. The third kappa shape index (κ3) is 3.39. The first-order valence-electron chi connectivity index (χ1n) is 6.82. The lowest BCUT2D eigenvalue weighted by atomic mass is 10.0. The average Bonchev–Trinajstić information content (AvgIpc) is 2.80. The molecule has 0 fully saturated rings. The van der Waals surface area contributed by atoms with E-state index in [1.54, 1.807) is 25.0 Å². The van der Waals surface area contributed by atoms with E-state index in [1.165, 1.54) is 12.1 Å². The quantitative estimate of drug-likeness (QED) is 0.890. The van der Waals surface area contributed by atoms with Gasteiger partial charge in [-0.05, 0) is 30.7 Å². The lowest BCUT2D eigenvalue weighted by molar-refractivity contribution is 0.400. The highest BCUT2D eigenvalue weighted by Crippen LogP contribution is 2.30. The molecule has 1 atom stereocenters. The summed E-state index contributed by atoms with van der Waals surface area (Å²) < 4.78 is 34.0. The van der Waals surface area contributed by atoms with E-state index in [-0.39, 0.29) is 0 Å². The van der Waals surface area contributed by atoms with Crippen molar-refractivity contribution in [2.75, 3.05) is 13.7 Å². The molecule has 0 bridgehead atoms. The maximum Gasteiger partial charge on any atom is 0.161 e. The van der Waals surface area contributed by atoms with Crippen LogP contribution in [0.4, 0.5) is 8.78 Å². The fourth-order valence-electron chi connectivity index (χ4n) is 2.32. The van der Waals surface area contributed by atoms with Crippen LogP contribution in [-0.2, 0) is 7.05 Å². The van der Waals surface area contributed by atoms with E-state index in [4.69, 9.17) is 4.74 Å². The maximum atomic E-state index is 13.5. The molecule has 0 aliphatic heterocycles. The van der Waals surface area contributed by atoms with E-state index in [0.717, 1.165) is 18.2 Å². The summed E-state index contributed by atoms with van der Waals surface area (Å²) in [5.74, 6) is -0.625. The van der Waals surface area contributed by atoms with Gasteiger partial charge in [0.15, 0.2) is 5.75 Å². The molecule has 1 unspecified atom stereocenters. The van der Waals surface area contributed by atoms with E-state index in [2.05, 4.69) is 10.4 Å². The Kier molecular flexibility index (Phi) is 4.90. The van der Waals surface area contributed by atoms with E-state index >= 15 is 0 Å². The minimum absolute atomic E-state index is 0.391. The number of hydrogen-bond donors (Lipinski definition) is 1. The molecule has 1 N–H and O–H groups in total. The van der Waals surface area contributed by atoms with Crippen LogP contribution in [0.25, 0.3) is 0 Å². The zero-order valence-electron chi connectivity index (χ0n) is 12.4. The highest BCUT2D eigenvalue weighted by Gasteiger charge is 2.23. The van der Waals surface area contributed by atoms with Gasteiger partial charge in [0, 0.05) is 13.1 Å². The number of methoxy groups -OCH3 is 1. The fraction of sp³-hybridized carbons (Fsp3) is 0.400. The highest BCUT2D eigenvalue weighted by atomic mass is 19.1. The number of ether oxygens (including phenoxy) is 1. The second kappa shape index (κ2) is 6.67. The molecule has 1 aromatic carbocycles. The lowest BCUT2D eigenvalue weighted by Gasteiger charge is -2.20. The lowest BCUT2D eigenvalue weighted by Crippen LogP contribution is -2.26. The Hall–Kier alpha value is -1.95. The molecule has 0 saturated heterocycles. The molecule has 0 aliphatic carbocycles. The highest BCUT2D eigenvalue weighted by molar-refractivity contribution is 5.36. The van der Waals surface area contributed by atoms with Crippen LogP contribution in [-0.4, -0.2) is 23.4 Å². The molecule has 0 aliphatic rings. The monoisotopic (exact) mass is 295 g/mol. The topological polar surface area (TPSA) is 39.1 Å². The van der Waals surface area contributed by atoms with Crippen LogP contribution in [0, 0.1) is 11.6 Å². The molecule has 2 aromatic rings. The number of nitrogens with one attached hydrogen (secondary N) is 1. The maximum absolute atomic E-state index is 13.5. The van der Waals surface area contributed by atoms with Crippen molar-refractivity contribution in [3.63, 3.8) is 0 Å². The SMILES string of the molecule is CCCNC(c1cc(F)cc(F)c1)c1c(OC)cnn1C. The first kappa shape index (κ1) is 15.4. The first-order chi connectivity index (χ1) is 10.1. The van der Waals surface area contributed by atoms with Gasteiger partial charge in [-0.25, -0.2) is 8.78 Å². The molecule has 2 rings (SSSR count). The molecule has 114 valence electrons. The van der Waals surface area contributed by atoms with E-state index in [9.17, 15) is 8.78 Å². The fourth-order valence-corrected chi connectivity index (χ4v) is 2.32. The van der Waals surface area contributed by atoms with Crippen LogP contribution >= 0.6 is 0 Å². The largest absolute Gasteiger partial charge is 0.493 e. The van der Waals surface area contributed by atoms with Crippen molar-refractivity contribution < 1.29 is 13.5 Å². The summed E-state index contributed by atoms with van der Waals surface area (Å²) in [4.78, 5) is 0. The number of benzene rings is 1. The van der Waals surface area contributed by atoms with Crippen LogP contribution < -0.4 is 10.1 Å². The average molecular weight is 295 g/mol. The zero-order valence-corrected chi connectivity index (χ0v) is 12.4. The van der Waals surface area contributed by atoms with Crippen molar-refractivity contribution in [3.05, 3.63) is 47.3 Å². The zero-order chi connectivity index (χ0) is 15.4. The third-order valence-corrected chi connectivity index (χ3v) is 3.26. The Labute approximate surface area is 122 Å². The first-order valence-corrected chi connectivity index (χ1v) is 6.82. The van der Waals surface area contributed by atoms with Gasteiger partial charge in [-0.1, -0.05) is 6.92 Å². The summed E-state index contributed by atoms with van der Waals surface area (Å²) >= 11 is 0. The van der Waals surface area contributed by atoms with Crippen LogP contribution in [0.1, 0.15) is 30.6 Å². The second-order valence-electron chi connectivity index (χ2n) is 4.81. The van der Waals surface area contributed by atoms with Gasteiger partial charge in [-0.15, -0.1) is 0 Å². The van der Waals surface area contributed by atoms with Crippen molar-refractivity contribution >= 4 is 0 Å². The number of aryl methyl sites for hydroxylation is 1. The minimum atomic E-state index is -0.602. The van der Waals surface area contributed by atoms with Gasteiger partial charge in [0.2, 0.25) is 0 Å². The van der Waals surface area contributed by atoms with Crippen LogP contribution in [0.15, 0.2) is 24.4 Å². The summed E-state index contributed by atoms with van der Waals surface area (Å²) in [6.45, 7) is 2.73. The third-order valence-electron chi connectivity index (χ3n) is 3.26. The Morgan fingerprint density at radius 2 is 1.95 bits per heavy atom. The summed E-state index contributed by atoms with van der Waals surface area (Å²) in [6, 6.07) is 3.12. The van der Waals surface area contributed by atoms with E-state index in [0.29, 0.717) is 17.9 Å². The van der Waals surface area contributed by atoms with Crippen LogP contribution in [0.3, 0.4) is 0 Å². The number of nitrogens with zero attached hydrogens (tertiary/aromatic N) is 2. The van der Waals surface area contributed by atoms with Gasteiger partial charge in [0.05, 0.1) is 19.3 Å². The van der Waals surface area contributed by atoms with E-state index < -0.39 is 17.7 Å². The molecular weight excluding hydrogens is 276 g/mol. The standard InChI is InChI=1S/C15H19F2N3O/c1-4-5-18-14(10-6-11(16)8-12(17)7-10)15-13(21-3)9-19-20(15)2/h6-9,14,18H,4-5H2,1-3H3. The van der Waals surface area contributed by atoms with Crippen LogP contribution in [0.2, 0.25) is 0 Å².